The Morgan fingerprint density at radius 3 is 2.21 bits per heavy atom. The molecule has 1 unspecified atom stereocenters. The van der Waals surface area contributed by atoms with Gasteiger partial charge in [0.2, 0.25) is 5.91 Å². The molecule has 1 aromatic heterocycles. The summed E-state index contributed by atoms with van der Waals surface area (Å²) in [6.45, 7) is 2.25. The maximum Gasteiger partial charge on any atom is 0.273 e. The number of nitrogens with zero attached hydrogens (tertiary/aromatic N) is 2. The summed E-state index contributed by atoms with van der Waals surface area (Å²) in [6.07, 6.45) is 0.789. The van der Waals surface area contributed by atoms with Crippen LogP contribution in [0.3, 0.4) is 0 Å². The number of aryl methyl sites for hydroxylation is 1. The van der Waals surface area contributed by atoms with Gasteiger partial charge in [-0.25, -0.2) is 0 Å². The molecule has 0 fully saturated rings. The van der Waals surface area contributed by atoms with Gasteiger partial charge in [-0.3, -0.25) is 19.3 Å². The predicted molar refractivity (Wildman–Crippen MR) is 147 cm³/mol. The SMILES string of the molecule is CCc1ccc(N(C(=O)c2snc(C(N)=O)c2N)C(C(=O)NCc2ccccc2)c2ccc(O)cc2)cc1. The first kappa shape index (κ1) is 26.4. The summed E-state index contributed by atoms with van der Waals surface area (Å²) in [7, 11) is 0. The lowest BCUT2D eigenvalue weighted by Crippen LogP contribution is -2.44. The predicted octanol–water partition coefficient (Wildman–Crippen LogP) is 3.80. The van der Waals surface area contributed by atoms with Crippen LogP contribution >= 0.6 is 11.5 Å². The molecule has 4 rings (SSSR count). The number of aromatic nitrogens is 1. The summed E-state index contributed by atoms with van der Waals surface area (Å²) in [5.41, 5.74) is 14.0. The second kappa shape index (κ2) is 11.6. The zero-order valence-corrected chi connectivity index (χ0v) is 21.4. The third kappa shape index (κ3) is 5.65. The summed E-state index contributed by atoms with van der Waals surface area (Å²) >= 11 is 0.741. The van der Waals surface area contributed by atoms with Gasteiger partial charge in [0, 0.05) is 12.2 Å². The van der Waals surface area contributed by atoms with Gasteiger partial charge >= 0.3 is 0 Å². The van der Waals surface area contributed by atoms with E-state index >= 15 is 0 Å². The highest BCUT2D eigenvalue weighted by Gasteiger charge is 2.36. The summed E-state index contributed by atoms with van der Waals surface area (Å²) in [6, 6.07) is 21.5. The molecule has 0 spiro atoms. The van der Waals surface area contributed by atoms with Crippen LogP contribution in [0.4, 0.5) is 11.4 Å². The lowest BCUT2D eigenvalue weighted by atomic mass is 10.0. The van der Waals surface area contributed by atoms with E-state index in [4.69, 9.17) is 11.5 Å². The topological polar surface area (TPSA) is 152 Å². The molecular formula is C28H27N5O4S. The van der Waals surface area contributed by atoms with Crippen LogP contribution in [0.2, 0.25) is 0 Å². The number of carbonyl (C=O) groups is 3. The molecule has 6 N–H and O–H groups in total. The molecule has 4 aromatic rings. The number of phenolic OH excluding ortho intramolecular Hbond substituents is 1. The Labute approximate surface area is 223 Å². The number of primary amides is 1. The first-order valence-electron chi connectivity index (χ1n) is 11.9. The van der Waals surface area contributed by atoms with E-state index in [1.165, 1.54) is 17.0 Å². The fourth-order valence-electron chi connectivity index (χ4n) is 3.97. The molecule has 38 heavy (non-hydrogen) atoms. The van der Waals surface area contributed by atoms with Crippen LogP contribution in [-0.4, -0.2) is 27.2 Å². The van der Waals surface area contributed by atoms with Gasteiger partial charge in [0.05, 0.1) is 5.69 Å². The molecule has 3 amide bonds. The second-order valence-electron chi connectivity index (χ2n) is 8.53. The molecular weight excluding hydrogens is 502 g/mol. The number of hydrogen-bond donors (Lipinski definition) is 4. The van der Waals surface area contributed by atoms with Crippen LogP contribution < -0.4 is 21.7 Å². The molecule has 0 aliphatic heterocycles. The molecule has 0 aliphatic rings. The van der Waals surface area contributed by atoms with E-state index < -0.39 is 23.8 Å². The average Bonchev–Trinajstić information content (AvgIpc) is 3.33. The van der Waals surface area contributed by atoms with Crippen molar-refractivity contribution in [1.29, 1.82) is 0 Å². The first-order chi connectivity index (χ1) is 18.3. The molecule has 0 saturated carbocycles. The van der Waals surface area contributed by atoms with Crippen molar-refractivity contribution in [2.45, 2.75) is 25.9 Å². The molecule has 10 heteroatoms. The van der Waals surface area contributed by atoms with Gasteiger partial charge in [-0.2, -0.15) is 4.37 Å². The minimum absolute atomic E-state index is 0.0140. The standard InChI is InChI=1S/C28H27N5O4S/c1-2-17-8-12-20(13-9-17)33(28(37)25-22(29)23(26(30)35)32-38-25)24(19-10-14-21(34)15-11-19)27(36)31-16-18-6-4-3-5-7-18/h3-15,24,34H,2,16,29H2,1H3,(H2,30,35)(H,31,36). The van der Waals surface area contributed by atoms with Crippen LogP contribution in [0.5, 0.6) is 5.75 Å². The number of anilines is 2. The Hall–Kier alpha value is -4.70. The molecule has 1 atom stereocenters. The van der Waals surface area contributed by atoms with Gasteiger partial charge in [0.25, 0.3) is 11.8 Å². The summed E-state index contributed by atoms with van der Waals surface area (Å²) < 4.78 is 3.97. The van der Waals surface area contributed by atoms with Crippen molar-refractivity contribution in [3.63, 3.8) is 0 Å². The second-order valence-corrected chi connectivity index (χ2v) is 9.30. The fourth-order valence-corrected chi connectivity index (χ4v) is 4.71. The smallest absolute Gasteiger partial charge is 0.273 e. The van der Waals surface area contributed by atoms with Crippen LogP contribution in [0.15, 0.2) is 78.9 Å². The van der Waals surface area contributed by atoms with Crippen LogP contribution in [0.25, 0.3) is 0 Å². The van der Waals surface area contributed by atoms with E-state index in [0.717, 1.165) is 29.1 Å². The molecule has 194 valence electrons. The maximum atomic E-state index is 14.1. The summed E-state index contributed by atoms with van der Waals surface area (Å²) in [4.78, 5) is 40.9. The van der Waals surface area contributed by atoms with Crippen molar-refractivity contribution >= 4 is 40.6 Å². The number of amides is 3. The maximum absolute atomic E-state index is 14.1. The Morgan fingerprint density at radius 1 is 0.974 bits per heavy atom. The zero-order valence-electron chi connectivity index (χ0n) is 20.6. The van der Waals surface area contributed by atoms with Crippen molar-refractivity contribution in [3.05, 3.63) is 106 Å². The highest BCUT2D eigenvalue weighted by Crippen LogP contribution is 2.34. The quantitative estimate of drug-likeness (QED) is 0.259. The van der Waals surface area contributed by atoms with E-state index in [1.54, 1.807) is 24.3 Å². The number of phenols is 1. The summed E-state index contributed by atoms with van der Waals surface area (Å²) in [5.74, 6) is -1.91. The normalized spacial score (nSPS) is 11.5. The van der Waals surface area contributed by atoms with E-state index in [1.807, 2.05) is 49.4 Å². The molecule has 0 radical (unpaired) electrons. The number of nitrogen functional groups attached to an aromatic ring is 1. The molecule has 0 aliphatic carbocycles. The average molecular weight is 530 g/mol. The minimum atomic E-state index is -1.14. The van der Waals surface area contributed by atoms with Crippen LogP contribution in [0.1, 0.15) is 49.8 Å². The van der Waals surface area contributed by atoms with E-state index in [9.17, 15) is 19.5 Å². The highest BCUT2D eigenvalue weighted by atomic mass is 32.1. The number of nitrogens with two attached hydrogens (primary N) is 2. The number of carbonyl (C=O) groups excluding carboxylic acids is 3. The Morgan fingerprint density at radius 2 is 1.63 bits per heavy atom. The van der Waals surface area contributed by atoms with Gasteiger partial charge in [-0.05, 0) is 58.9 Å². The van der Waals surface area contributed by atoms with Gasteiger partial charge in [-0.1, -0.05) is 61.5 Å². The summed E-state index contributed by atoms with van der Waals surface area (Å²) in [5, 5.41) is 12.8. The van der Waals surface area contributed by atoms with E-state index in [0.29, 0.717) is 11.3 Å². The van der Waals surface area contributed by atoms with Crippen LogP contribution in [-0.2, 0) is 17.8 Å². The molecule has 0 bridgehead atoms. The molecule has 3 aromatic carbocycles. The Bertz CT molecular complexity index is 1440. The fraction of sp³-hybridized carbons (Fsp3) is 0.143. The molecule has 1 heterocycles. The first-order valence-corrected chi connectivity index (χ1v) is 12.7. The lowest BCUT2D eigenvalue weighted by molar-refractivity contribution is -0.122. The molecule has 0 saturated heterocycles. The minimum Gasteiger partial charge on any atom is -0.508 e. The van der Waals surface area contributed by atoms with E-state index in [-0.39, 0.29) is 28.6 Å². The van der Waals surface area contributed by atoms with Crippen molar-refractivity contribution < 1.29 is 19.5 Å². The zero-order chi connectivity index (χ0) is 27.2. The van der Waals surface area contributed by atoms with Crippen LogP contribution in [0, 0.1) is 0 Å². The third-order valence-corrected chi connectivity index (χ3v) is 6.87. The number of rotatable bonds is 9. The number of aromatic hydroxyl groups is 1. The van der Waals surface area contributed by atoms with Gasteiger partial charge in [0.1, 0.15) is 16.7 Å². The molecule has 9 nitrogen and oxygen atoms in total. The van der Waals surface area contributed by atoms with Gasteiger partial charge in [-0.15, -0.1) is 0 Å². The Balaban J connectivity index is 1.82. The monoisotopic (exact) mass is 529 g/mol. The lowest BCUT2D eigenvalue weighted by Gasteiger charge is -2.31. The Kier molecular flexibility index (Phi) is 8.03. The largest absolute Gasteiger partial charge is 0.508 e. The van der Waals surface area contributed by atoms with E-state index in [2.05, 4.69) is 9.69 Å². The van der Waals surface area contributed by atoms with Crippen molar-refractivity contribution in [2.24, 2.45) is 5.73 Å². The van der Waals surface area contributed by atoms with Crippen molar-refractivity contribution in [2.75, 3.05) is 10.6 Å². The number of benzene rings is 3. The highest BCUT2D eigenvalue weighted by molar-refractivity contribution is 7.09. The van der Waals surface area contributed by atoms with Gasteiger partial charge < -0.3 is 21.9 Å². The van der Waals surface area contributed by atoms with Crippen molar-refractivity contribution in [3.8, 4) is 5.75 Å². The van der Waals surface area contributed by atoms with Crippen molar-refractivity contribution in [1.82, 2.24) is 9.69 Å². The third-order valence-electron chi connectivity index (χ3n) is 6.02. The number of nitrogens with one attached hydrogen (secondary N) is 1. The number of hydrogen-bond acceptors (Lipinski definition) is 7. The van der Waals surface area contributed by atoms with Gasteiger partial charge in [0.15, 0.2) is 5.69 Å².